The molecule has 2 aromatic rings. The van der Waals surface area contributed by atoms with Gasteiger partial charge >= 0.3 is 12.4 Å². The van der Waals surface area contributed by atoms with Crippen molar-refractivity contribution in [3.05, 3.63) is 65.2 Å². The van der Waals surface area contributed by atoms with E-state index >= 15 is 0 Å². The van der Waals surface area contributed by atoms with E-state index in [1.54, 1.807) is 6.92 Å². The molecular weight excluding hydrogens is 414 g/mol. The van der Waals surface area contributed by atoms with Crippen LogP contribution >= 0.6 is 0 Å². The van der Waals surface area contributed by atoms with E-state index in [1.165, 1.54) is 31.4 Å². The lowest BCUT2D eigenvalue weighted by atomic mass is 9.90. The smallest absolute Gasteiger partial charge is 0.376 e. The van der Waals surface area contributed by atoms with Crippen molar-refractivity contribution in [3.8, 4) is 0 Å². The number of anilines is 1. The van der Waals surface area contributed by atoms with E-state index in [0.717, 1.165) is 29.3 Å². The molecule has 1 heterocycles. The Kier molecular flexibility index (Phi) is 5.83. The number of hydrazone groups is 1. The zero-order chi connectivity index (χ0) is 22.3. The fourth-order valence-electron chi connectivity index (χ4n) is 3.40. The minimum absolute atomic E-state index is 0.236. The fourth-order valence-corrected chi connectivity index (χ4v) is 3.40. The van der Waals surface area contributed by atoms with Crippen LogP contribution in [0, 0.1) is 5.92 Å². The van der Waals surface area contributed by atoms with Crippen LogP contribution < -0.4 is 5.01 Å². The summed E-state index contributed by atoms with van der Waals surface area (Å²) in [6.07, 6.45) is -11.1. The van der Waals surface area contributed by atoms with E-state index in [-0.39, 0.29) is 5.69 Å². The number of methoxy groups -OCH3 is 1. The molecule has 0 amide bonds. The predicted molar refractivity (Wildman–Crippen MR) is 97.7 cm³/mol. The summed E-state index contributed by atoms with van der Waals surface area (Å²) in [5.74, 6) is -0.742. The average molecular weight is 432 g/mol. The lowest BCUT2D eigenvalue weighted by Crippen LogP contribution is -2.37. The molecule has 1 N–H and O–H groups in total. The third kappa shape index (κ3) is 4.29. The van der Waals surface area contributed by atoms with Crippen molar-refractivity contribution in [2.24, 2.45) is 11.0 Å². The largest absolute Gasteiger partial charge is 0.416 e. The van der Waals surface area contributed by atoms with Crippen molar-refractivity contribution in [3.63, 3.8) is 0 Å². The van der Waals surface area contributed by atoms with Crippen molar-refractivity contribution in [1.29, 1.82) is 0 Å². The van der Waals surface area contributed by atoms with E-state index in [4.69, 9.17) is 4.74 Å². The minimum atomic E-state index is -4.49. The summed E-state index contributed by atoms with van der Waals surface area (Å²) < 4.78 is 82.1. The quantitative estimate of drug-likeness (QED) is 0.672. The van der Waals surface area contributed by atoms with Crippen LogP contribution in [0.3, 0.4) is 0 Å². The van der Waals surface area contributed by atoms with Gasteiger partial charge in [-0.15, -0.1) is 0 Å². The molecule has 0 fully saturated rings. The van der Waals surface area contributed by atoms with Crippen LogP contribution in [0.4, 0.5) is 32.0 Å². The summed E-state index contributed by atoms with van der Waals surface area (Å²) in [7, 11) is 1.35. The van der Waals surface area contributed by atoms with Gasteiger partial charge in [0.25, 0.3) is 0 Å². The molecule has 0 aliphatic carbocycles. The minimum Gasteiger partial charge on any atom is -0.376 e. The van der Waals surface area contributed by atoms with Gasteiger partial charge in [-0.05, 0) is 48.9 Å². The second-order valence-corrected chi connectivity index (χ2v) is 6.85. The number of hydrogen-bond donors (Lipinski definition) is 1. The highest BCUT2D eigenvalue weighted by atomic mass is 19.4. The Balaban J connectivity index is 1.85. The molecule has 0 aromatic heterocycles. The Bertz CT molecular complexity index is 907. The van der Waals surface area contributed by atoms with Gasteiger partial charge in [0.15, 0.2) is 6.23 Å². The number of benzene rings is 2. The first-order valence-corrected chi connectivity index (χ1v) is 8.83. The predicted octanol–water partition coefficient (Wildman–Crippen LogP) is 5.24. The first-order chi connectivity index (χ1) is 13.9. The number of ether oxygens (including phenoxy) is 1. The number of halogens is 6. The average Bonchev–Trinajstić information content (AvgIpc) is 2.96. The Morgan fingerprint density at radius 1 is 0.900 bits per heavy atom. The molecule has 4 nitrogen and oxygen atoms in total. The zero-order valence-corrected chi connectivity index (χ0v) is 15.9. The summed E-state index contributed by atoms with van der Waals surface area (Å²) in [5.41, 5.74) is -0.589. The van der Waals surface area contributed by atoms with E-state index in [9.17, 15) is 31.4 Å². The molecule has 0 spiro atoms. The van der Waals surface area contributed by atoms with Crippen molar-refractivity contribution in [2.45, 2.75) is 31.6 Å². The lowest BCUT2D eigenvalue weighted by Gasteiger charge is -2.29. The van der Waals surface area contributed by atoms with E-state index < -0.39 is 41.7 Å². The van der Waals surface area contributed by atoms with Gasteiger partial charge in [0.05, 0.1) is 28.8 Å². The third-order valence-corrected chi connectivity index (χ3v) is 4.93. The molecule has 0 bridgehead atoms. The monoisotopic (exact) mass is 432 g/mol. The van der Waals surface area contributed by atoms with Gasteiger partial charge in [0.2, 0.25) is 0 Å². The first-order valence-electron chi connectivity index (χ1n) is 8.83. The Hall–Kier alpha value is -2.59. The summed E-state index contributed by atoms with van der Waals surface area (Å²) in [5, 5.41) is 16.2. The highest BCUT2D eigenvalue weighted by Crippen LogP contribution is 2.39. The Labute approximate surface area is 168 Å². The number of nitrogens with zero attached hydrogens (tertiary/aromatic N) is 2. The Morgan fingerprint density at radius 2 is 1.37 bits per heavy atom. The van der Waals surface area contributed by atoms with Gasteiger partial charge < -0.3 is 9.84 Å². The van der Waals surface area contributed by atoms with Crippen LogP contribution in [-0.2, 0) is 17.1 Å². The maximum atomic E-state index is 12.8. The summed E-state index contributed by atoms with van der Waals surface area (Å²) in [4.78, 5) is 0. The number of aliphatic hydroxyl groups is 1. The number of hydrogen-bond acceptors (Lipinski definition) is 4. The molecule has 2 aromatic carbocycles. The molecule has 1 aliphatic heterocycles. The molecule has 10 heteroatoms. The van der Waals surface area contributed by atoms with Gasteiger partial charge in [0.1, 0.15) is 0 Å². The van der Waals surface area contributed by atoms with Gasteiger partial charge in [0, 0.05) is 12.8 Å². The summed E-state index contributed by atoms with van der Waals surface area (Å²) in [6, 6.07) is 8.49. The molecule has 0 saturated carbocycles. The first kappa shape index (κ1) is 22.1. The number of alkyl halides is 6. The fraction of sp³-hybridized carbons (Fsp3) is 0.350. The molecular formula is C20H18F6N2O2. The van der Waals surface area contributed by atoms with Gasteiger partial charge in [-0.3, -0.25) is 0 Å². The second kappa shape index (κ2) is 7.92. The van der Waals surface area contributed by atoms with Crippen LogP contribution in [0.5, 0.6) is 0 Å². The molecule has 162 valence electrons. The second-order valence-electron chi connectivity index (χ2n) is 6.85. The van der Waals surface area contributed by atoms with Crippen molar-refractivity contribution >= 4 is 11.4 Å². The molecule has 1 aliphatic rings. The van der Waals surface area contributed by atoms with Gasteiger partial charge in [-0.1, -0.05) is 12.1 Å². The van der Waals surface area contributed by atoms with Crippen LogP contribution in [0.2, 0.25) is 0 Å². The Morgan fingerprint density at radius 3 is 1.80 bits per heavy atom. The molecule has 30 heavy (non-hydrogen) atoms. The normalized spacial score (nSPS) is 21.0. The maximum Gasteiger partial charge on any atom is 0.416 e. The summed E-state index contributed by atoms with van der Waals surface area (Å²) in [6.45, 7) is 1.61. The van der Waals surface area contributed by atoms with Gasteiger partial charge in [-0.25, -0.2) is 5.01 Å². The van der Waals surface area contributed by atoms with Gasteiger partial charge in [-0.2, -0.15) is 31.4 Å². The van der Waals surface area contributed by atoms with E-state index in [2.05, 4.69) is 5.10 Å². The third-order valence-electron chi connectivity index (χ3n) is 4.93. The van der Waals surface area contributed by atoms with Crippen LogP contribution in [-0.4, -0.2) is 24.2 Å². The van der Waals surface area contributed by atoms with Crippen molar-refractivity contribution in [1.82, 2.24) is 0 Å². The number of rotatable bonds is 4. The van der Waals surface area contributed by atoms with Crippen LogP contribution in [0.15, 0.2) is 53.6 Å². The summed E-state index contributed by atoms with van der Waals surface area (Å²) >= 11 is 0. The highest BCUT2D eigenvalue weighted by molar-refractivity contribution is 5.89. The molecule has 3 atom stereocenters. The zero-order valence-electron chi connectivity index (χ0n) is 15.9. The highest BCUT2D eigenvalue weighted by Gasteiger charge is 2.41. The lowest BCUT2D eigenvalue weighted by molar-refractivity contribution is -0.138. The maximum absolute atomic E-state index is 12.8. The molecule has 0 radical (unpaired) electrons. The topological polar surface area (TPSA) is 45.1 Å². The standard InChI is InChI=1S/C20H18F6N2O2/c1-11-16(17(30-2)12-3-5-13(6-4-12)19(21,22)23)18(29)28(27-11)15-9-7-14(8-10-15)20(24,25)26/h3-10,16-18,29H,1-2H3. The molecule has 0 saturated heterocycles. The van der Waals surface area contributed by atoms with E-state index in [0.29, 0.717) is 11.3 Å². The van der Waals surface area contributed by atoms with Crippen molar-refractivity contribution < 1.29 is 36.2 Å². The van der Waals surface area contributed by atoms with E-state index in [1.807, 2.05) is 0 Å². The van der Waals surface area contributed by atoms with Crippen LogP contribution in [0.25, 0.3) is 0 Å². The van der Waals surface area contributed by atoms with Crippen molar-refractivity contribution in [2.75, 3.05) is 12.1 Å². The SMILES string of the molecule is COC(c1ccc(C(F)(F)F)cc1)C1C(C)=NN(c2ccc(C(F)(F)F)cc2)C1O. The molecule has 3 rings (SSSR count). The van der Waals surface area contributed by atoms with Crippen LogP contribution in [0.1, 0.15) is 29.7 Å². The number of aliphatic hydroxyl groups excluding tert-OH is 1. The molecule has 3 unspecified atom stereocenters.